The smallest absolute Gasteiger partial charge is 0.333 e. The third-order valence-corrected chi connectivity index (χ3v) is 5.59. The molecule has 0 atom stereocenters. The zero-order valence-electron chi connectivity index (χ0n) is 16.9. The molecule has 0 radical (unpaired) electrons. The summed E-state index contributed by atoms with van der Waals surface area (Å²) in [4.78, 5) is 23.7. The quantitative estimate of drug-likeness (QED) is 0.184. The Kier molecular flexibility index (Phi) is 7.94. The monoisotopic (exact) mass is 408 g/mol. The van der Waals surface area contributed by atoms with Gasteiger partial charge in [-0.15, -0.1) is 0 Å². The number of carbonyl (C=O) groups is 1. The average Bonchev–Trinajstić information content (AvgIpc) is 3.03. The van der Waals surface area contributed by atoms with Gasteiger partial charge >= 0.3 is 5.97 Å². The Hall–Kier alpha value is -2.46. The first-order chi connectivity index (χ1) is 13.3. The van der Waals surface area contributed by atoms with E-state index in [1.807, 2.05) is 0 Å². The molecule has 0 fully saturated rings. The number of fused-ring (bicyclic) bond motifs is 1. The first-order valence-electron chi connectivity index (χ1n) is 9.26. The van der Waals surface area contributed by atoms with Gasteiger partial charge in [0.15, 0.2) is 0 Å². The molecule has 0 aliphatic heterocycles. The van der Waals surface area contributed by atoms with Gasteiger partial charge in [0, 0.05) is 14.7 Å². The molecule has 0 N–H and O–H groups in total. The molecule has 2 heterocycles. The van der Waals surface area contributed by atoms with E-state index in [1.54, 1.807) is 17.8 Å². The molecule has 2 aromatic rings. The number of hydrogen-bond acceptors (Lipinski definition) is 7. The topological polar surface area (TPSA) is 97.5 Å². The number of nitrogens with zero attached hydrogens (tertiary/aromatic N) is 4. The fourth-order valence-corrected chi connectivity index (χ4v) is 3.07. The Labute approximate surface area is 164 Å². The van der Waals surface area contributed by atoms with E-state index in [9.17, 15) is 9.59 Å². The molecule has 0 amide bonds. The van der Waals surface area contributed by atoms with Crippen molar-refractivity contribution < 1.29 is 19.0 Å². The fourth-order valence-electron chi connectivity index (χ4n) is 2.31. The second kappa shape index (κ2) is 10.2. The van der Waals surface area contributed by atoms with Gasteiger partial charge < -0.3 is 14.2 Å². The molecule has 0 aliphatic rings. The summed E-state index contributed by atoms with van der Waals surface area (Å²) in [5.41, 5.74) is 0.390. The maximum absolute atomic E-state index is 12.5. The molecule has 0 unspecified atom stereocenters. The predicted octanol–water partition coefficient (Wildman–Crippen LogP) is 2.00. The highest BCUT2D eigenvalue weighted by molar-refractivity contribution is 6.76. The minimum Gasteiger partial charge on any atom is -0.499 e. The van der Waals surface area contributed by atoms with Crippen LogP contribution in [-0.2, 0) is 32.3 Å². The number of rotatable bonds is 11. The third kappa shape index (κ3) is 6.61. The molecule has 0 spiro atoms. The van der Waals surface area contributed by atoms with E-state index in [2.05, 4.69) is 29.8 Å². The average molecular weight is 409 g/mol. The van der Waals surface area contributed by atoms with E-state index in [-0.39, 0.29) is 18.9 Å². The number of esters is 1. The van der Waals surface area contributed by atoms with E-state index in [1.165, 1.54) is 23.2 Å². The van der Waals surface area contributed by atoms with Gasteiger partial charge in [0.05, 0.1) is 48.8 Å². The van der Waals surface area contributed by atoms with Crippen molar-refractivity contribution in [1.29, 1.82) is 0 Å². The van der Waals surface area contributed by atoms with Gasteiger partial charge in [0.25, 0.3) is 5.56 Å². The van der Waals surface area contributed by atoms with E-state index >= 15 is 0 Å². The van der Waals surface area contributed by atoms with Crippen molar-refractivity contribution in [3.05, 3.63) is 35.1 Å². The molecule has 0 aromatic carbocycles. The second-order valence-electron chi connectivity index (χ2n) is 7.39. The van der Waals surface area contributed by atoms with Crippen molar-refractivity contribution in [2.24, 2.45) is 0 Å². The Morgan fingerprint density at radius 3 is 2.64 bits per heavy atom. The zero-order chi connectivity index (χ0) is 20.6. The van der Waals surface area contributed by atoms with Crippen LogP contribution < -0.4 is 5.56 Å². The SMILES string of the molecule is CCOC(=O)/C=C/OCCn1ncc2c(=O)n(COCC[Si](C)(C)C)ncc21. The lowest BCUT2D eigenvalue weighted by molar-refractivity contribution is -0.137. The van der Waals surface area contributed by atoms with Crippen LogP contribution in [0.25, 0.3) is 10.9 Å². The minimum absolute atomic E-state index is 0.131. The van der Waals surface area contributed by atoms with Crippen LogP contribution in [0.4, 0.5) is 0 Å². The van der Waals surface area contributed by atoms with Crippen LogP contribution in [0.5, 0.6) is 0 Å². The summed E-state index contributed by atoms with van der Waals surface area (Å²) < 4.78 is 18.6. The van der Waals surface area contributed by atoms with Gasteiger partial charge in [-0.3, -0.25) is 9.48 Å². The molecular weight excluding hydrogens is 380 g/mol. The van der Waals surface area contributed by atoms with Crippen molar-refractivity contribution >= 4 is 24.9 Å². The fraction of sp³-hybridized carbons (Fsp3) is 0.556. The summed E-state index contributed by atoms with van der Waals surface area (Å²) in [5.74, 6) is -0.455. The number of carbonyl (C=O) groups excluding carboxylic acids is 1. The van der Waals surface area contributed by atoms with Crippen LogP contribution in [0, 0.1) is 0 Å². The summed E-state index contributed by atoms with van der Waals surface area (Å²) in [7, 11) is -1.17. The zero-order valence-corrected chi connectivity index (χ0v) is 17.9. The lowest BCUT2D eigenvalue weighted by Crippen LogP contribution is -2.26. The number of aromatic nitrogens is 4. The highest BCUT2D eigenvalue weighted by Gasteiger charge is 2.13. The van der Waals surface area contributed by atoms with Crippen LogP contribution in [0.15, 0.2) is 29.5 Å². The molecule has 9 nitrogen and oxygen atoms in total. The summed E-state index contributed by atoms with van der Waals surface area (Å²) in [6.07, 6.45) is 5.62. The summed E-state index contributed by atoms with van der Waals surface area (Å²) in [5, 5.41) is 8.87. The molecule has 0 bridgehead atoms. The molecule has 2 aromatic heterocycles. The van der Waals surface area contributed by atoms with Gasteiger partial charge in [0.1, 0.15) is 13.3 Å². The van der Waals surface area contributed by atoms with E-state index < -0.39 is 14.0 Å². The maximum atomic E-state index is 12.5. The van der Waals surface area contributed by atoms with Gasteiger partial charge in [-0.2, -0.15) is 10.2 Å². The van der Waals surface area contributed by atoms with Crippen LogP contribution in [-0.4, -0.2) is 53.4 Å². The van der Waals surface area contributed by atoms with Crippen LogP contribution in [0.2, 0.25) is 25.7 Å². The first kappa shape index (κ1) is 21.8. The molecule has 2 rings (SSSR count). The Balaban J connectivity index is 1.91. The summed E-state index contributed by atoms with van der Waals surface area (Å²) in [6, 6.07) is 1.03. The van der Waals surface area contributed by atoms with Crippen molar-refractivity contribution in [1.82, 2.24) is 19.6 Å². The Morgan fingerprint density at radius 2 is 1.93 bits per heavy atom. The highest BCUT2D eigenvalue weighted by Crippen LogP contribution is 2.09. The predicted molar refractivity (Wildman–Crippen MR) is 108 cm³/mol. The van der Waals surface area contributed by atoms with Gasteiger partial charge in [-0.1, -0.05) is 19.6 Å². The molecule has 154 valence electrons. The lowest BCUT2D eigenvalue weighted by Gasteiger charge is -2.15. The van der Waals surface area contributed by atoms with Gasteiger partial charge in [-0.05, 0) is 13.0 Å². The third-order valence-electron chi connectivity index (χ3n) is 3.88. The maximum Gasteiger partial charge on any atom is 0.333 e. The Bertz CT molecular complexity index is 869. The standard InChI is InChI=1S/C18H28N4O5Si/c1-5-27-17(23)6-8-25-9-7-21-16-13-20-22(18(24)15(16)12-19-21)14-26-10-11-28(2,3)4/h6,8,12-13H,5,7,9-11,14H2,1-4H3/b8-6+. The molecule has 0 aliphatic carbocycles. The van der Waals surface area contributed by atoms with Crippen LogP contribution >= 0.6 is 0 Å². The van der Waals surface area contributed by atoms with Crippen molar-refractivity contribution in [2.75, 3.05) is 19.8 Å². The van der Waals surface area contributed by atoms with Crippen molar-refractivity contribution in [3.8, 4) is 0 Å². The molecule has 10 heteroatoms. The summed E-state index contributed by atoms with van der Waals surface area (Å²) in [6.45, 7) is 10.3. The molecule has 0 saturated carbocycles. The minimum atomic E-state index is -1.17. The van der Waals surface area contributed by atoms with Crippen LogP contribution in [0.1, 0.15) is 6.92 Å². The second-order valence-corrected chi connectivity index (χ2v) is 13.0. The Morgan fingerprint density at radius 1 is 1.18 bits per heavy atom. The number of ether oxygens (including phenoxy) is 3. The number of hydrogen-bond donors (Lipinski definition) is 0. The highest BCUT2D eigenvalue weighted by atomic mass is 28.3. The van der Waals surface area contributed by atoms with Crippen molar-refractivity contribution in [2.45, 2.75) is 45.9 Å². The van der Waals surface area contributed by atoms with E-state index in [0.29, 0.717) is 30.7 Å². The van der Waals surface area contributed by atoms with Gasteiger partial charge in [0.2, 0.25) is 0 Å². The molecular formula is C18H28N4O5Si. The summed E-state index contributed by atoms with van der Waals surface area (Å²) >= 11 is 0. The normalized spacial score (nSPS) is 12.0. The largest absolute Gasteiger partial charge is 0.499 e. The lowest BCUT2D eigenvalue weighted by atomic mass is 10.4. The van der Waals surface area contributed by atoms with Crippen molar-refractivity contribution in [3.63, 3.8) is 0 Å². The van der Waals surface area contributed by atoms with E-state index in [4.69, 9.17) is 14.2 Å². The van der Waals surface area contributed by atoms with E-state index in [0.717, 1.165) is 6.04 Å². The molecule has 0 saturated heterocycles. The van der Waals surface area contributed by atoms with Crippen LogP contribution in [0.3, 0.4) is 0 Å². The molecule has 28 heavy (non-hydrogen) atoms. The van der Waals surface area contributed by atoms with Gasteiger partial charge in [-0.25, -0.2) is 9.48 Å². The first-order valence-corrected chi connectivity index (χ1v) is 13.0.